The lowest BCUT2D eigenvalue weighted by Gasteiger charge is -2.24. The summed E-state index contributed by atoms with van der Waals surface area (Å²) < 4.78 is 18.9. The molecule has 2 aromatic carbocycles. The van der Waals surface area contributed by atoms with Gasteiger partial charge in [0.1, 0.15) is 11.5 Å². The highest BCUT2D eigenvalue weighted by molar-refractivity contribution is 9.10. The maximum Gasteiger partial charge on any atom is 0.338 e. The predicted molar refractivity (Wildman–Crippen MR) is 150 cm³/mol. The number of allylic oxidation sites excluding steroid dienone is 1. The number of thiazole rings is 1. The van der Waals surface area contributed by atoms with Crippen molar-refractivity contribution in [3.8, 4) is 11.3 Å². The Morgan fingerprint density at radius 3 is 2.46 bits per heavy atom. The number of carbonyl (C=O) groups is 2. The Bertz CT molecular complexity index is 1780. The third-order valence-electron chi connectivity index (χ3n) is 6.19. The molecule has 1 atom stereocenters. The van der Waals surface area contributed by atoms with E-state index >= 15 is 0 Å². The molecule has 0 amide bonds. The van der Waals surface area contributed by atoms with E-state index in [0.29, 0.717) is 37.7 Å². The van der Waals surface area contributed by atoms with Crippen LogP contribution in [0.4, 0.5) is 0 Å². The average Bonchev–Trinajstić information content (AvgIpc) is 3.52. The number of fused-ring (bicyclic) bond motifs is 1. The standard InChI is InChI=1S/C29H23BrN2O6S/c1-4-37-28(35)24-16(2)31-29-32(25(24)18-9-11-20(30)12-10-18)26(33)23(39-29)15-21-13-14-22(38-21)17-5-7-19(8-6-17)27(34)36-3/h5-15,25H,4H2,1-3H3/b23-15-. The van der Waals surface area contributed by atoms with Crippen LogP contribution in [-0.4, -0.2) is 30.2 Å². The second-order valence-corrected chi connectivity index (χ2v) is 10.5. The molecule has 0 fully saturated rings. The molecule has 0 saturated carbocycles. The van der Waals surface area contributed by atoms with Crippen LogP contribution in [0.3, 0.4) is 0 Å². The van der Waals surface area contributed by atoms with E-state index in [2.05, 4.69) is 20.9 Å². The summed E-state index contributed by atoms with van der Waals surface area (Å²) in [7, 11) is 1.33. The molecule has 0 aliphatic carbocycles. The lowest BCUT2D eigenvalue weighted by molar-refractivity contribution is -0.139. The van der Waals surface area contributed by atoms with Crippen LogP contribution in [0, 0.1) is 0 Å². The van der Waals surface area contributed by atoms with E-state index < -0.39 is 18.0 Å². The molecule has 10 heteroatoms. The first-order chi connectivity index (χ1) is 18.8. The first-order valence-corrected chi connectivity index (χ1v) is 13.7. The summed E-state index contributed by atoms with van der Waals surface area (Å²) in [5.74, 6) is 0.141. The van der Waals surface area contributed by atoms with Crippen LogP contribution in [0.15, 0.2) is 90.6 Å². The van der Waals surface area contributed by atoms with Gasteiger partial charge in [0, 0.05) is 16.1 Å². The van der Waals surface area contributed by atoms with Gasteiger partial charge in [0.15, 0.2) is 4.80 Å². The van der Waals surface area contributed by atoms with E-state index in [4.69, 9.17) is 13.9 Å². The zero-order valence-corrected chi connectivity index (χ0v) is 23.7. The van der Waals surface area contributed by atoms with E-state index in [-0.39, 0.29) is 12.2 Å². The van der Waals surface area contributed by atoms with Gasteiger partial charge in [-0.05, 0) is 55.8 Å². The van der Waals surface area contributed by atoms with E-state index in [1.165, 1.54) is 23.0 Å². The molecule has 1 aliphatic rings. The van der Waals surface area contributed by atoms with Gasteiger partial charge < -0.3 is 13.9 Å². The number of hydrogen-bond donors (Lipinski definition) is 0. The summed E-state index contributed by atoms with van der Waals surface area (Å²) in [6, 6.07) is 17.2. The van der Waals surface area contributed by atoms with Crippen LogP contribution < -0.4 is 14.9 Å². The number of carbonyl (C=O) groups excluding carboxylic acids is 2. The molecule has 0 radical (unpaired) electrons. The predicted octanol–water partition coefficient (Wildman–Crippen LogP) is 4.61. The molecule has 8 nitrogen and oxygen atoms in total. The van der Waals surface area contributed by atoms with Crippen molar-refractivity contribution in [2.24, 2.45) is 4.99 Å². The molecule has 0 N–H and O–H groups in total. The Labute approximate surface area is 235 Å². The summed E-state index contributed by atoms with van der Waals surface area (Å²) in [5, 5.41) is 0. The molecular weight excluding hydrogens is 584 g/mol. The van der Waals surface area contributed by atoms with Crippen molar-refractivity contribution in [2.45, 2.75) is 19.9 Å². The van der Waals surface area contributed by atoms with Gasteiger partial charge in [-0.2, -0.15) is 0 Å². The highest BCUT2D eigenvalue weighted by atomic mass is 79.9. The summed E-state index contributed by atoms with van der Waals surface area (Å²) in [4.78, 5) is 43.5. The fourth-order valence-corrected chi connectivity index (χ4v) is 5.65. The number of hydrogen-bond acceptors (Lipinski definition) is 8. The molecule has 0 saturated heterocycles. The summed E-state index contributed by atoms with van der Waals surface area (Å²) in [5.41, 5.74) is 2.51. The van der Waals surface area contributed by atoms with Crippen molar-refractivity contribution in [3.63, 3.8) is 0 Å². The van der Waals surface area contributed by atoms with Gasteiger partial charge in [-0.1, -0.05) is 51.5 Å². The molecule has 4 aromatic rings. The zero-order chi connectivity index (χ0) is 27.7. The second-order valence-electron chi connectivity index (χ2n) is 8.62. The van der Waals surface area contributed by atoms with Gasteiger partial charge in [-0.25, -0.2) is 14.6 Å². The fourth-order valence-electron chi connectivity index (χ4n) is 4.36. The third-order valence-corrected chi connectivity index (χ3v) is 7.71. The number of nitrogens with zero attached hydrogens (tertiary/aromatic N) is 2. The number of rotatable bonds is 6. The van der Waals surface area contributed by atoms with Crippen molar-refractivity contribution in [3.05, 3.63) is 113 Å². The summed E-state index contributed by atoms with van der Waals surface area (Å²) in [6.07, 6.45) is 1.66. The van der Waals surface area contributed by atoms with Crippen LogP contribution in [0.1, 0.15) is 41.6 Å². The van der Waals surface area contributed by atoms with Gasteiger partial charge in [-0.3, -0.25) is 9.36 Å². The van der Waals surface area contributed by atoms with Gasteiger partial charge in [0.25, 0.3) is 5.56 Å². The quantitative estimate of drug-likeness (QED) is 0.297. The first-order valence-electron chi connectivity index (χ1n) is 12.0. The van der Waals surface area contributed by atoms with Crippen LogP contribution in [-0.2, 0) is 14.3 Å². The first kappa shape index (κ1) is 26.6. The minimum atomic E-state index is -0.684. The fraction of sp³-hybridized carbons (Fsp3) is 0.172. The molecule has 3 heterocycles. The monoisotopic (exact) mass is 606 g/mol. The Morgan fingerprint density at radius 2 is 1.79 bits per heavy atom. The van der Waals surface area contributed by atoms with Crippen molar-refractivity contribution < 1.29 is 23.5 Å². The number of halogens is 1. The van der Waals surface area contributed by atoms with E-state index in [1.54, 1.807) is 56.3 Å². The van der Waals surface area contributed by atoms with E-state index in [9.17, 15) is 14.4 Å². The lowest BCUT2D eigenvalue weighted by atomic mass is 9.96. The van der Waals surface area contributed by atoms with Crippen LogP contribution in [0.25, 0.3) is 17.4 Å². The number of aromatic nitrogens is 1. The van der Waals surface area contributed by atoms with Gasteiger partial charge >= 0.3 is 11.9 Å². The second kappa shape index (κ2) is 11.0. The van der Waals surface area contributed by atoms with Gasteiger partial charge in [0.05, 0.1) is 41.1 Å². The van der Waals surface area contributed by atoms with Crippen molar-refractivity contribution in [1.29, 1.82) is 0 Å². The van der Waals surface area contributed by atoms with Gasteiger partial charge in [0.2, 0.25) is 0 Å². The summed E-state index contributed by atoms with van der Waals surface area (Å²) in [6.45, 7) is 3.70. The maximum absolute atomic E-state index is 13.7. The highest BCUT2D eigenvalue weighted by Gasteiger charge is 2.33. The largest absolute Gasteiger partial charge is 0.465 e. The minimum Gasteiger partial charge on any atom is -0.465 e. The topological polar surface area (TPSA) is 100 Å². The zero-order valence-electron chi connectivity index (χ0n) is 21.3. The van der Waals surface area contributed by atoms with Crippen molar-refractivity contribution >= 4 is 45.3 Å². The molecule has 0 bridgehead atoms. The molecule has 198 valence electrons. The number of ether oxygens (including phenoxy) is 2. The van der Waals surface area contributed by atoms with E-state index in [0.717, 1.165) is 15.6 Å². The van der Waals surface area contributed by atoms with Gasteiger partial charge in [-0.15, -0.1) is 0 Å². The minimum absolute atomic E-state index is 0.208. The molecule has 2 aromatic heterocycles. The van der Waals surface area contributed by atoms with Crippen LogP contribution in [0.5, 0.6) is 0 Å². The third kappa shape index (κ3) is 5.17. The molecule has 0 spiro atoms. The molecule has 1 unspecified atom stereocenters. The Morgan fingerprint density at radius 1 is 1.08 bits per heavy atom. The van der Waals surface area contributed by atoms with Crippen LogP contribution >= 0.6 is 27.3 Å². The molecule has 1 aliphatic heterocycles. The van der Waals surface area contributed by atoms with Crippen molar-refractivity contribution in [2.75, 3.05) is 13.7 Å². The number of methoxy groups -OCH3 is 1. The number of furan rings is 1. The maximum atomic E-state index is 13.7. The average molecular weight is 607 g/mol. The lowest BCUT2D eigenvalue weighted by Crippen LogP contribution is -2.39. The molecule has 39 heavy (non-hydrogen) atoms. The Kier molecular flexibility index (Phi) is 7.49. The summed E-state index contributed by atoms with van der Waals surface area (Å²) >= 11 is 4.67. The molecule has 5 rings (SSSR count). The Hall–Kier alpha value is -4.02. The van der Waals surface area contributed by atoms with Crippen LogP contribution in [0.2, 0.25) is 0 Å². The van der Waals surface area contributed by atoms with Crippen molar-refractivity contribution in [1.82, 2.24) is 4.57 Å². The van der Waals surface area contributed by atoms with E-state index in [1.807, 2.05) is 24.3 Å². The number of benzene rings is 2. The highest BCUT2D eigenvalue weighted by Crippen LogP contribution is 2.31. The SMILES string of the molecule is CCOC(=O)C1=C(C)N=c2s/c(=C\c3ccc(-c4ccc(C(=O)OC)cc4)o3)c(=O)n2C1c1ccc(Br)cc1. The number of esters is 2. The normalized spacial score (nSPS) is 15.1. The smallest absolute Gasteiger partial charge is 0.338 e. The molecular formula is C29H23BrN2O6S. The Balaban J connectivity index is 1.57.